The average molecular weight is 1230 g/mol. The highest BCUT2D eigenvalue weighted by atomic mass is 16.5. The number of methoxy groups -OCH3 is 3. The van der Waals surface area contributed by atoms with Gasteiger partial charge in [0.2, 0.25) is 17.6 Å². The van der Waals surface area contributed by atoms with E-state index in [-0.39, 0.29) is 14.9 Å². The third kappa shape index (κ3) is 17.8. The van der Waals surface area contributed by atoms with Crippen LogP contribution in [0, 0.1) is 68.0 Å². The fraction of sp³-hybridized carbons (Fsp3) is 0.338. The Labute approximate surface area is 545 Å². The Balaban J connectivity index is 0.000000248. The molecule has 92 heavy (non-hydrogen) atoms. The van der Waals surface area contributed by atoms with E-state index in [2.05, 4.69) is 105 Å². The summed E-state index contributed by atoms with van der Waals surface area (Å²) in [5.74, 6) is 1.91. The summed E-state index contributed by atoms with van der Waals surface area (Å²) in [5.41, 5.74) is 11.7. The van der Waals surface area contributed by atoms with Crippen molar-refractivity contribution >= 4 is 32.7 Å². The first-order valence-corrected chi connectivity index (χ1v) is 30.0. The number of hydrogen-bond acceptors (Lipinski definition) is 15. The van der Waals surface area contributed by atoms with Gasteiger partial charge in [0.25, 0.3) is 0 Å². The minimum absolute atomic E-state index is 0. The molecule has 0 spiro atoms. The van der Waals surface area contributed by atoms with E-state index in [1.54, 1.807) is 21.3 Å². The van der Waals surface area contributed by atoms with Gasteiger partial charge < -0.3 is 28.9 Å². The number of nitriles is 6. The van der Waals surface area contributed by atoms with Gasteiger partial charge in [-0.15, -0.1) is 0 Å². The van der Waals surface area contributed by atoms with Crippen molar-refractivity contribution < 1.29 is 14.2 Å². The number of fused-ring (bicyclic) bond motifs is 3. The molecule has 472 valence electrons. The van der Waals surface area contributed by atoms with Gasteiger partial charge in [-0.3, -0.25) is 0 Å². The summed E-state index contributed by atoms with van der Waals surface area (Å²) in [4.78, 5) is 20.4. The Hall–Kier alpha value is -10.2. The normalized spacial score (nSPS) is 12.6. The Morgan fingerprint density at radius 1 is 0.370 bits per heavy atom. The van der Waals surface area contributed by atoms with Crippen LogP contribution in [0.3, 0.4) is 0 Å². The maximum Gasteiger partial charge on any atom is 0.216 e. The Morgan fingerprint density at radius 2 is 0.609 bits per heavy atom. The van der Waals surface area contributed by atoms with Crippen LogP contribution in [0.5, 0.6) is 17.6 Å². The fourth-order valence-corrected chi connectivity index (χ4v) is 11.2. The van der Waals surface area contributed by atoms with Crippen LogP contribution in [-0.4, -0.2) is 91.8 Å². The number of benzene rings is 6. The monoisotopic (exact) mass is 1230 g/mol. The zero-order valence-corrected chi connectivity index (χ0v) is 53.8. The molecule has 0 fully saturated rings. The quantitative estimate of drug-likeness (QED) is 0.0653. The van der Waals surface area contributed by atoms with Crippen LogP contribution in [0.25, 0.3) is 32.7 Å². The van der Waals surface area contributed by atoms with Crippen LogP contribution in [0.2, 0.25) is 0 Å². The third-order valence-electron chi connectivity index (χ3n) is 16.3. The van der Waals surface area contributed by atoms with Crippen molar-refractivity contribution in [3.63, 3.8) is 0 Å². The van der Waals surface area contributed by atoms with Crippen LogP contribution in [0.1, 0.15) is 123 Å². The first kappa shape index (κ1) is 72.5. The van der Waals surface area contributed by atoms with E-state index in [1.807, 2.05) is 169 Å². The topological polar surface area (TPSA) is 219 Å². The highest BCUT2D eigenvalue weighted by molar-refractivity contribution is 5.83. The second-order valence-electron chi connectivity index (χ2n) is 23.5. The van der Waals surface area contributed by atoms with Crippen LogP contribution in [-0.2, 0) is 55.1 Å². The van der Waals surface area contributed by atoms with Crippen molar-refractivity contribution in [3.8, 4) is 54.1 Å². The molecule has 15 heteroatoms. The summed E-state index contributed by atoms with van der Waals surface area (Å²) in [6.45, 7) is 15.9. The summed E-state index contributed by atoms with van der Waals surface area (Å²) in [6, 6.07) is 61.0. The molecule has 3 aromatic heterocycles. The lowest BCUT2D eigenvalue weighted by molar-refractivity contribution is 0.281. The van der Waals surface area contributed by atoms with Crippen molar-refractivity contribution in [3.05, 3.63) is 212 Å². The molecule has 0 amide bonds. The fourth-order valence-electron chi connectivity index (χ4n) is 11.2. The van der Waals surface area contributed by atoms with Crippen molar-refractivity contribution in [1.82, 2.24) is 29.7 Å². The van der Waals surface area contributed by atoms with Crippen molar-refractivity contribution in [2.45, 2.75) is 112 Å². The summed E-state index contributed by atoms with van der Waals surface area (Å²) in [7, 11) is 10.9. The number of aryl methyl sites for hydroxylation is 3. The third-order valence-corrected chi connectivity index (χ3v) is 16.3. The molecule has 0 aliphatic rings. The molecule has 0 radical (unpaired) electrons. The largest absolute Gasteiger partial charge is 0.481 e. The van der Waals surface area contributed by atoms with Gasteiger partial charge in [-0.05, 0) is 167 Å². The van der Waals surface area contributed by atoms with E-state index in [4.69, 9.17) is 30.0 Å². The SMILES string of the molecule is C.C.CCc1cc2ccc(C(C)(C#N)CN(C)Cc3ccc(C#N)cc3)cc2nc1OC.CCc1cc2ccc([C@@](C)(C#N)CN(C)Cc3ccc(C#N)cc3)cc2nc1OC.CCc1cc2ccc([C@](C)(C#N)CN(C)Cc3ccc(C#N)cc3)cc2nc1OC. The zero-order chi connectivity index (χ0) is 65.2. The van der Waals surface area contributed by atoms with Crippen LogP contribution in [0.4, 0.5) is 0 Å². The van der Waals surface area contributed by atoms with Gasteiger partial charge in [0.1, 0.15) is 0 Å². The molecule has 9 rings (SSSR count). The number of rotatable bonds is 21. The summed E-state index contributed by atoms with van der Waals surface area (Å²) < 4.78 is 16.3. The molecule has 0 aliphatic heterocycles. The molecule has 15 nitrogen and oxygen atoms in total. The second-order valence-corrected chi connectivity index (χ2v) is 23.5. The lowest BCUT2D eigenvalue weighted by Crippen LogP contribution is -2.35. The van der Waals surface area contributed by atoms with Gasteiger partial charge in [-0.25, -0.2) is 15.0 Å². The highest BCUT2D eigenvalue weighted by Gasteiger charge is 2.32. The standard InChI is InChI=1S/3C25H26N4O.2CH4/c3*1-5-20-12-21-10-11-22(13-23(21)28-24(20)30-4)25(2,16-27)17-29(3)15-19-8-6-18(14-26)7-9-19;;/h3*6-13H,5,15,17H2,1-4H3;2*1H4/t2*25-;;;/m10.../s1. The summed E-state index contributed by atoms with van der Waals surface area (Å²) >= 11 is 0. The molecule has 9 aromatic rings. The van der Waals surface area contributed by atoms with E-state index in [0.717, 1.165) is 102 Å². The summed E-state index contributed by atoms with van der Waals surface area (Å²) in [5, 5.41) is 60.0. The first-order valence-electron chi connectivity index (χ1n) is 30.0. The highest BCUT2D eigenvalue weighted by Crippen LogP contribution is 2.34. The molecule has 0 saturated carbocycles. The Kier molecular flexibility index (Phi) is 26.0. The Bertz CT molecular complexity index is 3810. The minimum atomic E-state index is -0.687. The van der Waals surface area contributed by atoms with Crippen molar-refractivity contribution in [1.29, 1.82) is 31.6 Å². The average Bonchev–Trinajstić information content (AvgIpc) is 0.850. The lowest BCUT2D eigenvalue weighted by Gasteiger charge is -2.28. The zero-order valence-electron chi connectivity index (χ0n) is 53.8. The van der Waals surface area contributed by atoms with E-state index < -0.39 is 16.2 Å². The van der Waals surface area contributed by atoms with Gasteiger partial charge in [0.05, 0.1) is 107 Å². The van der Waals surface area contributed by atoms with Crippen LogP contribution < -0.4 is 14.2 Å². The van der Waals surface area contributed by atoms with E-state index in [0.29, 0.717) is 73.6 Å². The number of nitrogens with zero attached hydrogens (tertiary/aromatic N) is 12. The van der Waals surface area contributed by atoms with E-state index in [9.17, 15) is 15.8 Å². The molecule has 3 atom stereocenters. The van der Waals surface area contributed by atoms with Gasteiger partial charge >= 0.3 is 0 Å². The lowest BCUT2D eigenvalue weighted by atomic mass is 9.83. The number of hydrogen-bond donors (Lipinski definition) is 0. The minimum Gasteiger partial charge on any atom is -0.481 e. The second kappa shape index (κ2) is 33.0. The number of aromatic nitrogens is 3. The molecule has 0 N–H and O–H groups in total. The predicted molar refractivity (Wildman–Crippen MR) is 368 cm³/mol. The van der Waals surface area contributed by atoms with Gasteiger partial charge in [-0.2, -0.15) is 31.6 Å². The Morgan fingerprint density at radius 3 is 0.804 bits per heavy atom. The van der Waals surface area contributed by atoms with E-state index >= 15 is 0 Å². The molecule has 6 aromatic carbocycles. The molecule has 0 bridgehead atoms. The number of ether oxygens (including phenoxy) is 3. The van der Waals surface area contributed by atoms with Crippen molar-refractivity contribution in [2.24, 2.45) is 0 Å². The molecule has 3 heterocycles. The molecule has 0 saturated heterocycles. The maximum absolute atomic E-state index is 10.0. The molecule has 0 aliphatic carbocycles. The van der Waals surface area contributed by atoms with Gasteiger partial charge in [-0.1, -0.05) is 108 Å². The van der Waals surface area contributed by atoms with Crippen LogP contribution in [0.15, 0.2) is 146 Å². The molecular weight excluding hydrogens is 1140 g/mol. The number of pyridine rings is 3. The van der Waals surface area contributed by atoms with Gasteiger partial charge in [0.15, 0.2) is 0 Å². The smallest absolute Gasteiger partial charge is 0.216 e. The predicted octanol–water partition coefficient (Wildman–Crippen LogP) is 15.0. The number of likely N-dealkylation sites (N-methyl/N-ethyl adjacent to an activating group) is 3. The van der Waals surface area contributed by atoms with Crippen LogP contribution >= 0.6 is 0 Å². The maximum atomic E-state index is 10.0. The molecule has 1 unspecified atom stereocenters. The van der Waals surface area contributed by atoms with E-state index in [1.165, 1.54) is 0 Å². The van der Waals surface area contributed by atoms with Crippen molar-refractivity contribution in [2.75, 3.05) is 62.1 Å². The first-order chi connectivity index (χ1) is 43.3. The molecular formula is C77H86N12O3. The summed E-state index contributed by atoms with van der Waals surface area (Å²) in [6.07, 6.45) is 2.55. The van der Waals surface area contributed by atoms with Gasteiger partial charge in [0, 0.05) is 72.1 Å².